The van der Waals surface area contributed by atoms with Crippen molar-refractivity contribution in [3.8, 4) is 5.75 Å². The van der Waals surface area contributed by atoms with Crippen LogP contribution in [0.4, 0.5) is 10.1 Å². The zero-order valence-corrected chi connectivity index (χ0v) is 20.0. The topological polar surface area (TPSA) is 67.6 Å². The first kappa shape index (κ1) is 23.3. The molecule has 5 rings (SSSR count). The molecule has 8 heteroatoms. The fraction of sp³-hybridized carbons (Fsp3) is 0.259. The lowest BCUT2D eigenvalue weighted by molar-refractivity contribution is -0.117. The fourth-order valence-corrected chi connectivity index (χ4v) is 4.65. The van der Waals surface area contributed by atoms with Crippen LogP contribution in [0.25, 0.3) is 11.0 Å². The average molecular weight is 494 g/mol. The van der Waals surface area contributed by atoms with Crippen molar-refractivity contribution in [3.05, 3.63) is 89.0 Å². The zero-order chi connectivity index (χ0) is 24.5. The molecule has 180 valence electrons. The maximum atomic E-state index is 13.8. The first-order valence-corrected chi connectivity index (χ1v) is 11.8. The number of nitrogens with zero attached hydrogens (tertiary/aromatic N) is 3. The average Bonchev–Trinajstić information content (AvgIpc) is 3.40. The summed E-state index contributed by atoms with van der Waals surface area (Å²) in [5.74, 6) is 0.699. The molecule has 1 saturated heterocycles. The highest BCUT2D eigenvalue weighted by atomic mass is 35.5. The van der Waals surface area contributed by atoms with Crippen molar-refractivity contribution in [2.24, 2.45) is 0 Å². The molecular formula is C27H25ClFN3O3. The van der Waals surface area contributed by atoms with Gasteiger partial charge in [-0.15, -0.1) is 0 Å². The summed E-state index contributed by atoms with van der Waals surface area (Å²) in [6, 6.07) is 19.1. The molecule has 0 radical (unpaired) electrons. The highest BCUT2D eigenvalue weighted by Crippen LogP contribution is 2.33. The van der Waals surface area contributed by atoms with E-state index in [1.165, 1.54) is 12.1 Å². The van der Waals surface area contributed by atoms with Crippen LogP contribution in [0.1, 0.15) is 23.7 Å². The number of aromatic nitrogens is 2. The second kappa shape index (κ2) is 9.68. The van der Waals surface area contributed by atoms with Gasteiger partial charge in [0.15, 0.2) is 0 Å². The predicted molar refractivity (Wildman–Crippen MR) is 134 cm³/mol. The largest absolute Gasteiger partial charge is 0.491 e. The molecule has 0 spiro atoms. The molecule has 0 bridgehead atoms. The van der Waals surface area contributed by atoms with Crippen LogP contribution in [-0.2, 0) is 11.3 Å². The summed E-state index contributed by atoms with van der Waals surface area (Å²) in [5.41, 5.74) is 3.10. The number of carbonyl (C=O) groups excluding carboxylic acids is 1. The van der Waals surface area contributed by atoms with E-state index in [4.69, 9.17) is 21.3 Å². The van der Waals surface area contributed by atoms with Crippen molar-refractivity contribution >= 4 is 34.2 Å². The van der Waals surface area contributed by atoms with E-state index in [9.17, 15) is 14.3 Å². The van der Waals surface area contributed by atoms with Gasteiger partial charge in [0.25, 0.3) is 0 Å². The number of amides is 1. The van der Waals surface area contributed by atoms with Crippen LogP contribution in [-0.4, -0.2) is 39.8 Å². The number of rotatable bonds is 7. The summed E-state index contributed by atoms with van der Waals surface area (Å²) in [6.45, 7) is 2.63. The number of halogens is 2. The van der Waals surface area contributed by atoms with Crippen LogP contribution < -0.4 is 9.64 Å². The van der Waals surface area contributed by atoms with Crippen molar-refractivity contribution < 1.29 is 19.0 Å². The van der Waals surface area contributed by atoms with Gasteiger partial charge in [0.2, 0.25) is 5.91 Å². The number of hydrogen-bond donors (Lipinski definition) is 1. The van der Waals surface area contributed by atoms with E-state index < -0.39 is 6.10 Å². The summed E-state index contributed by atoms with van der Waals surface area (Å²) in [6.07, 6.45) is -0.546. The van der Waals surface area contributed by atoms with Gasteiger partial charge < -0.3 is 19.3 Å². The Kier molecular flexibility index (Phi) is 6.45. The van der Waals surface area contributed by atoms with Crippen molar-refractivity contribution in [2.45, 2.75) is 31.9 Å². The molecular weight excluding hydrogens is 469 g/mol. The van der Waals surface area contributed by atoms with Crippen LogP contribution in [0.3, 0.4) is 0 Å². The fourth-order valence-electron chi connectivity index (χ4n) is 4.53. The van der Waals surface area contributed by atoms with Crippen LogP contribution in [0.15, 0.2) is 66.7 Å². The highest BCUT2D eigenvalue weighted by Gasteiger charge is 2.35. The molecule has 0 aliphatic carbocycles. The summed E-state index contributed by atoms with van der Waals surface area (Å²) >= 11 is 6.08. The van der Waals surface area contributed by atoms with E-state index in [2.05, 4.69) is 0 Å². The van der Waals surface area contributed by atoms with Crippen molar-refractivity contribution in [1.82, 2.24) is 9.55 Å². The van der Waals surface area contributed by atoms with Crippen molar-refractivity contribution in [3.63, 3.8) is 0 Å². The SMILES string of the molecule is Cc1cc(OC[C@@H](O)Cn2c([C@@H]3CC(=O)N(c4cccc(F)c4)C3)nc3ccccc32)ccc1Cl. The number of fused-ring (bicyclic) bond motifs is 1. The summed E-state index contributed by atoms with van der Waals surface area (Å²) in [7, 11) is 0. The number of anilines is 1. The molecule has 0 unspecified atom stereocenters. The number of benzene rings is 3. The molecule has 35 heavy (non-hydrogen) atoms. The maximum absolute atomic E-state index is 13.8. The summed E-state index contributed by atoms with van der Waals surface area (Å²) in [5, 5.41) is 11.5. The number of aryl methyl sites for hydroxylation is 1. The third-order valence-corrected chi connectivity index (χ3v) is 6.68. The Morgan fingerprint density at radius 1 is 1.17 bits per heavy atom. The molecule has 0 saturated carbocycles. The molecule has 1 aromatic heterocycles. The van der Waals surface area contributed by atoms with E-state index in [1.807, 2.05) is 41.8 Å². The van der Waals surface area contributed by atoms with Gasteiger partial charge >= 0.3 is 0 Å². The molecule has 2 atom stereocenters. The van der Waals surface area contributed by atoms with Gasteiger partial charge in [0, 0.05) is 29.6 Å². The zero-order valence-electron chi connectivity index (χ0n) is 19.2. The number of aliphatic hydroxyl groups excluding tert-OH is 1. The highest BCUT2D eigenvalue weighted by molar-refractivity contribution is 6.31. The van der Waals surface area contributed by atoms with E-state index in [-0.39, 0.29) is 37.2 Å². The number of imidazole rings is 1. The Hall–Kier alpha value is -3.42. The predicted octanol–water partition coefficient (Wildman–Crippen LogP) is 5.10. The molecule has 1 aliphatic heterocycles. The van der Waals surface area contributed by atoms with Gasteiger partial charge in [-0.3, -0.25) is 4.79 Å². The van der Waals surface area contributed by atoms with Gasteiger partial charge in [0.1, 0.15) is 30.1 Å². The van der Waals surface area contributed by atoms with Crippen LogP contribution in [0.2, 0.25) is 5.02 Å². The standard InChI is InChI=1S/C27H25ClFN3O3/c1-17-11-22(9-10-23(17)28)35-16-21(33)15-32-25-8-3-2-7-24(25)30-27(32)18-12-26(34)31(14-18)20-6-4-5-19(29)13-20/h2-11,13,18,21,33H,12,14-16H2,1H3/t18-,21+/m1/s1. The normalized spacial score (nSPS) is 16.7. The number of aliphatic hydroxyl groups is 1. The molecule has 3 aromatic carbocycles. The first-order chi connectivity index (χ1) is 16.9. The third-order valence-electron chi connectivity index (χ3n) is 6.26. The summed E-state index contributed by atoms with van der Waals surface area (Å²) < 4.78 is 21.5. The number of carbonyl (C=O) groups is 1. The second-order valence-electron chi connectivity index (χ2n) is 8.83. The smallest absolute Gasteiger partial charge is 0.227 e. The lowest BCUT2D eigenvalue weighted by Gasteiger charge is -2.19. The quantitative estimate of drug-likeness (QED) is 0.389. The molecule has 4 aromatic rings. The number of hydrogen-bond acceptors (Lipinski definition) is 4. The monoisotopic (exact) mass is 493 g/mol. The first-order valence-electron chi connectivity index (χ1n) is 11.5. The van der Waals surface area contributed by atoms with Gasteiger partial charge in [-0.05, 0) is 61.0 Å². The molecule has 6 nitrogen and oxygen atoms in total. The third kappa shape index (κ3) is 4.88. The second-order valence-corrected chi connectivity index (χ2v) is 9.24. The van der Waals surface area contributed by atoms with Gasteiger partial charge in [-0.2, -0.15) is 0 Å². The number of para-hydroxylation sites is 2. The number of ether oxygens (including phenoxy) is 1. The van der Waals surface area contributed by atoms with Gasteiger partial charge in [-0.1, -0.05) is 29.8 Å². The van der Waals surface area contributed by atoms with Gasteiger partial charge in [0.05, 0.1) is 17.6 Å². The maximum Gasteiger partial charge on any atom is 0.227 e. The van der Waals surface area contributed by atoms with E-state index >= 15 is 0 Å². The van der Waals surface area contributed by atoms with Crippen molar-refractivity contribution in [1.29, 1.82) is 0 Å². The molecule has 1 N–H and O–H groups in total. The van der Waals surface area contributed by atoms with Crippen LogP contribution >= 0.6 is 11.6 Å². The minimum absolute atomic E-state index is 0.0822. The Morgan fingerprint density at radius 2 is 2.00 bits per heavy atom. The molecule has 1 amide bonds. The lowest BCUT2D eigenvalue weighted by Crippen LogP contribution is -2.26. The molecule has 1 aliphatic rings. The van der Waals surface area contributed by atoms with E-state index in [0.717, 1.165) is 22.4 Å². The Bertz CT molecular complexity index is 1390. The van der Waals surface area contributed by atoms with Gasteiger partial charge in [-0.25, -0.2) is 9.37 Å². The minimum Gasteiger partial charge on any atom is -0.491 e. The summed E-state index contributed by atoms with van der Waals surface area (Å²) in [4.78, 5) is 19.2. The van der Waals surface area contributed by atoms with Crippen LogP contribution in [0.5, 0.6) is 5.75 Å². The Labute approximate surface area is 207 Å². The minimum atomic E-state index is -0.807. The van der Waals surface area contributed by atoms with Crippen LogP contribution in [0, 0.1) is 12.7 Å². The van der Waals surface area contributed by atoms with E-state index in [1.54, 1.807) is 29.2 Å². The molecule has 2 heterocycles. The Balaban J connectivity index is 1.37. The van der Waals surface area contributed by atoms with E-state index in [0.29, 0.717) is 23.0 Å². The lowest BCUT2D eigenvalue weighted by atomic mass is 10.1. The van der Waals surface area contributed by atoms with Crippen molar-refractivity contribution in [2.75, 3.05) is 18.1 Å². The molecule has 1 fully saturated rings. The Morgan fingerprint density at radius 3 is 2.80 bits per heavy atom.